The molecule has 0 aliphatic carbocycles. The van der Waals surface area contributed by atoms with E-state index in [1.807, 2.05) is 6.07 Å². The largest absolute Gasteiger partial charge is 0.236 e. The highest BCUT2D eigenvalue weighted by Crippen LogP contribution is 2.02. The molecule has 1 aliphatic heterocycles. The third kappa shape index (κ3) is 2.56. The van der Waals surface area contributed by atoms with Gasteiger partial charge in [-0.3, -0.25) is 0 Å². The molecule has 0 atom stereocenters. The summed E-state index contributed by atoms with van der Waals surface area (Å²) < 4.78 is 2.37. The number of nitrogens with zero attached hydrogens (tertiary/aromatic N) is 1. The lowest BCUT2D eigenvalue weighted by atomic mass is 10.2. The van der Waals surface area contributed by atoms with E-state index in [4.69, 9.17) is 0 Å². The first kappa shape index (κ1) is 9.20. The van der Waals surface area contributed by atoms with Crippen LogP contribution < -0.4 is 0 Å². The molecule has 1 aliphatic rings. The van der Waals surface area contributed by atoms with Crippen LogP contribution >= 0.6 is 0 Å². The normalized spacial score (nSPS) is 16.4. The third-order valence-corrected chi connectivity index (χ3v) is 2.53. The van der Waals surface area contributed by atoms with Crippen LogP contribution in [0.3, 0.4) is 0 Å². The van der Waals surface area contributed by atoms with Gasteiger partial charge in [0.25, 0.3) is 0 Å². The van der Waals surface area contributed by atoms with Crippen molar-refractivity contribution in [2.24, 2.45) is 0 Å². The Balaban J connectivity index is 1.97. The maximum Gasteiger partial charge on any atom is 0.163 e. The van der Waals surface area contributed by atoms with Crippen LogP contribution in [0.2, 0.25) is 0 Å². The van der Waals surface area contributed by atoms with Crippen molar-refractivity contribution in [1.29, 1.82) is 0 Å². The van der Waals surface area contributed by atoms with Gasteiger partial charge in [0.2, 0.25) is 0 Å². The summed E-state index contributed by atoms with van der Waals surface area (Å²) in [6, 6.07) is 10.4. The van der Waals surface area contributed by atoms with Gasteiger partial charge in [-0.1, -0.05) is 30.3 Å². The van der Waals surface area contributed by atoms with Gasteiger partial charge in [0, 0.05) is 18.9 Å². The van der Waals surface area contributed by atoms with Crippen molar-refractivity contribution in [3.05, 3.63) is 42.0 Å². The molecule has 0 amide bonds. The molecule has 72 valence electrons. The summed E-state index contributed by atoms with van der Waals surface area (Å²) >= 11 is 0. The lowest BCUT2D eigenvalue weighted by molar-refractivity contribution is -0.500. The molecule has 1 aromatic rings. The molecule has 14 heavy (non-hydrogen) atoms. The average molecular weight is 186 g/mol. The first-order chi connectivity index (χ1) is 6.95. The molecule has 0 unspecified atom stereocenters. The van der Waals surface area contributed by atoms with E-state index in [0.717, 1.165) is 0 Å². The Bertz CT molecular complexity index is 328. The highest BCUT2D eigenvalue weighted by atomic mass is 15.0. The van der Waals surface area contributed by atoms with E-state index in [1.165, 1.54) is 31.5 Å². The van der Waals surface area contributed by atoms with Crippen molar-refractivity contribution in [3.63, 3.8) is 0 Å². The van der Waals surface area contributed by atoms with E-state index in [0.29, 0.717) is 0 Å². The summed E-state index contributed by atoms with van der Waals surface area (Å²) in [7, 11) is 0. The van der Waals surface area contributed by atoms with Crippen LogP contribution in [-0.4, -0.2) is 23.9 Å². The topological polar surface area (TPSA) is 3.01 Å². The smallest absolute Gasteiger partial charge is 0.163 e. The van der Waals surface area contributed by atoms with Gasteiger partial charge in [-0.25, -0.2) is 4.58 Å². The van der Waals surface area contributed by atoms with Gasteiger partial charge < -0.3 is 0 Å². The fourth-order valence-corrected chi connectivity index (χ4v) is 1.73. The molecule has 0 saturated carbocycles. The number of hydrogen-bond acceptors (Lipinski definition) is 0. The molecular weight excluding hydrogens is 170 g/mol. The van der Waals surface area contributed by atoms with Crippen LogP contribution in [0.4, 0.5) is 0 Å². The van der Waals surface area contributed by atoms with Crippen LogP contribution in [0.25, 0.3) is 6.08 Å². The predicted molar refractivity (Wildman–Crippen MR) is 60.8 cm³/mol. The molecule has 1 heteroatoms. The van der Waals surface area contributed by atoms with Crippen LogP contribution in [0.1, 0.15) is 18.4 Å². The molecule has 0 spiro atoms. The molecular formula is C13H16N+. The Hall–Kier alpha value is -1.37. The van der Waals surface area contributed by atoms with Gasteiger partial charge in [-0.05, 0) is 11.6 Å². The lowest BCUT2D eigenvalue weighted by Crippen LogP contribution is -2.05. The number of benzene rings is 1. The minimum atomic E-state index is 1.22. The van der Waals surface area contributed by atoms with Crippen molar-refractivity contribution in [1.82, 2.24) is 0 Å². The highest BCUT2D eigenvalue weighted by molar-refractivity contribution is 5.74. The van der Waals surface area contributed by atoms with Crippen LogP contribution in [0.5, 0.6) is 0 Å². The summed E-state index contributed by atoms with van der Waals surface area (Å²) in [5.41, 5.74) is 1.27. The van der Waals surface area contributed by atoms with Crippen LogP contribution in [0, 0.1) is 0 Å². The van der Waals surface area contributed by atoms with E-state index < -0.39 is 0 Å². The SMILES string of the molecule is C(/C=C/c1ccccc1)=[N+]1CCCC1. The minimum absolute atomic E-state index is 1.22. The summed E-state index contributed by atoms with van der Waals surface area (Å²) in [6.07, 6.45) is 9.17. The summed E-state index contributed by atoms with van der Waals surface area (Å²) in [5, 5.41) is 0. The molecule has 1 heterocycles. The van der Waals surface area contributed by atoms with E-state index in [9.17, 15) is 0 Å². The summed E-state index contributed by atoms with van der Waals surface area (Å²) in [6.45, 7) is 2.44. The number of hydrogen-bond donors (Lipinski definition) is 0. The lowest BCUT2D eigenvalue weighted by Gasteiger charge is -1.89. The van der Waals surface area contributed by atoms with Crippen LogP contribution in [0.15, 0.2) is 36.4 Å². The van der Waals surface area contributed by atoms with E-state index in [1.54, 1.807) is 0 Å². The predicted octanol–water partition coefficient (Wildman–Crippen LogP) is 2.58. The first-order valence-corrected chi connectivity index (χ1v) is 5.26. The van der Waals surface area contributed by atoms with Gasteiger partial charge >= 0.3 is 0 Å². The summed E-state index contributed by atoms with van der Waals surface area (Å²) in [4.78, 5) is 0. The molecule has 0 radical (unpaired) electrons. The molecule has 1 fully saturated rings. The fourth-order valence-electron chi connectivity index (χ4n) is 1.73. The van der Waals surface area contributed by atoms with Crippen LogP contribution in [-0.2, 0) is 0 Å². The zero-order chi connectivity index (χ0) is 9.64. The molecule has 0 bridgehead atoms. The molecule has 1 nitrogen and oxygen atoms in total. The van der Waals surface area contributed by atoms with E-state index >= 15 is 0 Å². The van der Waals surface area contributed by atoms with Crippen molar-refractivity contribution in [2.75, 3.05) is 13.1 Å². The Morgan fingerprint density at radius 1 is 1.00 bits per heavy atom. The van der Waals surface area contributed by atoms with Crippen molar-refractivity contribution in [2.45, 2.75) is 12.8 Å². The Morgan fingerprint density at radius 2 is 1.71 bits per heavy atom. The zero-order valence-electron chi connectivity index (χ0n) is 8.39. The highest BCUT2D eigenvalue weighted by Gasteiger charge is 2.10. The Morgan fingerprint density at radius 3 is 2.43 bits per heavy atom. The molecule has 1 saturated heterocycles. The second kappa shape index (κ2) is 4.75. The molecule has 1 aromatic carbocycles. The summed E-state index contributed by atoms with van der Waals surface area (Å²) in [5.74, 6) is 0. The number of allylic oxidation sites excluding steroid dienone is 1. The maximum atomic E-state index is 2.37. The molecule has 2 rings (SSSR count). The second-order valence-corrected chi connectivity index (χ2v) is 3.66. The fraction of sp³-hybridized carbons (Fsp3) is 0.308. The molecule has 0 aromatic heterocycles. The van der Waals surface area contributed by atoms with Gasteiger partial charge in [0.15, 0.2) is 6.21 Å². The zero-order valence-corrected chi connectivity index (χ0v) is 8.39. The van der Waals surface area contributed by atoms with Gasteiger partial charge in [-0.15, -0.1) is 0 Å². The third-order valence-electron chi connectivity index (χ3n) is 2.53. The Labute approximate surface area is 85.4 Å². The molecule has 0 N–H and O–H groups in total. The maximum absolute atomic E-state index is 2.37. The monoisotopic (exact) mass is 186 g/mol. The van der Waals surface area contributed by atoms with Crippen molar-refractivity contribution in [3.8, 4) is 0 Å². The standard InChI is InChI=1S/C13H16N/c1-2-7-13(8-3-1)9-6-12-14-10-4-5-11-14/h1-3,6-9,12H,4-5,10-11H2/q+1/b9-6+. The van der Waals surface area contributed by atoms with E-state index in [2.05, 4.69) is 47.2 Å². The number of rotatable bonds is 2. The van der Waals surface area contributed by atoms with E-state index in [-0.39, 0.29) is 0 Å². The first-order valence-electron chi connectivity index (χ1n) is 5.26. The van der Waals surface area contributed by atoms with Crippen molar-refractivity contribution >= 4 is 12.3 Å². The second-order valence-electron chi connectivity index (χ2n) is 3.66. The quantitative estimate of drug-likeness (QED) is 0.624. The van der Waals surface area contributed by atoms with Crippen molar-refractivity contribution < 1.29 is 4.58 Å². The average Bonchev–Trinajstić information content (AvgIpc) is 2.72. The van der Waals surface area contributed by atoms with Gasteiger partial charge in [0.1, 0.15) is 13.1 Å². The minimum Gasteiger partial charge on any atom is -0.236 e. The van der Waals surface area contributed by atoms with Gasteiger partial charge in [0.05, 0.1) is 0 Å². The van der Waals surface area contributed by atoms with Gasteiger partial charge in [-0.2, -0.15) is 0 Å². The Kier molecular flexibility index (Phi) is 3.12.